The first-order chi connectivity index (χ1) is 10.0. The largest absolute Gasteiger partial charge is 0.483 e. The van der Waals surface area contributed by atoms with Crippen molar-refractivity contribution in [2.75, 3.05) is 33.8 Å². The quantitative estimate of drug-likeness (QED) is 0.612. The van der Waals surface area contributed by atoms with E-state index in [1.54, 1.807) is 20.2 Å². The highest BCUT2D eigenvalue weighted by molar-refractivity contribution is 5.77. The standard InChI is InChI=1S/C14H22N4O3/c1-18(2)14(20)17-8-7-16-13(19)10-21-12-6-4-3-5-11(12)9-15/h3-6H,7-10,15H2,1-2H3,(H,16,19)(H,17,20). The maximum absolute atomic E-state index is 11.6. The molecule has 0 bridgehead atoms. The van der Waals surface area contributed by atoms with Crippen LogP contribution in [0.4, 0.5) is 4.79 Å². The van der Waals surface area contributed by atoms with Gasteiger partial charge in [-0.25, -0.2) is 4.79 Å². The highest BCUT2D eigenvalue weighted by Gasteiger charge is 2.06. The van der Waals surface area contributed by atoms with Crippen molar-refractivity contribution in [3.05, 3.63) is 29.8 Å². The Bertz CT molecular complexity index is 477. The molecule has 0 aromatic heterocycles. The minimum atomic E-state index is -0.249. The number of benzene rings is 1. The fraction of sp³-hybridized carbons (Fsp3) is 0.429. The van der Waals surface area contributed by atoms with Gasteiger partial charge in [-0.15, -0.1) is 0 Å². The highest BCUT2D eigenvalue weighted by Crippen LogP contribution is 2.16. The molecule has 0 atom stereocenters. The van der Waals surface area contributed by atoms with Crippen LogP contribution in [0, 0.1) is 0 Å². The zero-order chi connectivity index (χ0) is 15.7. The molecule has 0 heterocycles. The van der Waals surface area contributed by atoms with E-state index in [-0.39, 0.29) is 18.5 Å². The van der Waals surface area contributed by atoms with Crippen molar-refractivity contribution in [1.29, 1.82) is 0 Å². The van der Waals surface area contributed by atoms with Gasteiger partial charge in [0.25, 0.3) is 5.91 Å². The second-order valence-corrected chi connectivity index (χ2v) is 4.58. The van der Waals surface area contributed by atoms with Gasteiger partial charge in [-0.1, -0.05) is 18.2 Å². The Morgan fingerprint density at radius 3 is 2.52 bits per heavy atom. The van der Waals surface area contributed by atoms with Gasteiger partial charge in [0.2, 0.25) is 0 Å². The van der Waals surface area contributed by atoms with Gasteiger partial charge >= 0.3 is 6.03 Å². The predicted molar refractivity (Wildman–Crippen MR) is 79.9 cm³/mol. The number of ether oxygens (including phenoxy) is 1. The van der Waals surface area contributed by atoms with Gasteiger partial charge in [0.1, 0.15) is 5.75 Å². The van der Waals surface area contributed by atoms with Crippen LogP contribution in [-0.4, -0.2) is 50.6 Å². The molecule has 1 aromatic rings. The molecule has 0 radical (unpaired) electrons. The third-order valence-corrected chi connectivity index (χ3v) is 2.68. The average molecular weight is 294 g/mol. The number of nitrogens with one attached hydrogen (secondary N) is 2. The Balaban J connectivity index is 2.24. The number of hydrogen-bond acceptors (Lipinski definition) is 4. The molecule has 21 heavy (non-hydrogen) atoms. The molecule has 0 fully saturated rings. The summed E-state index contributed by atoms with van der Waals surface area (Å²) in [6.07, 6.45) is 0. The maximum atomic E-state index is 11.6. The molecule has 0 saturated carbocycles. The summed E-state index contributed by atoms with van der Waals surface area (Å²) >= 11 is 0. The van der Waals surface area contributed by atoms with E-state index in [9.17, 15) is 9.59 Å². The third kappa shape index (κ3) is 6.13. The molecule has 1 aromatic carbocycles. The normalized spacial score (nSPS) is 9.86. The first kappa shape index (κ1) is 16.8. The number of para-hydroxylation sites is 1. The van der Waals surface area contributed by atoms with E-state index in [0.717, 1.165) is 5.56 Å². The number of hydrogen-bond donors (Lipinski definition) is 3. The first-order valence-corrected chi connectivity index (χ1v) is 6.67. The smallest absolute Gasteiger partial charge is 0.316 e. The summed E-state index contributed by atoms with van der Waals surface area (Å²) in [4.78, 5) is 24.3. The molecule has 4 N–H and O–H groups in total. The fourth-order valence-electron chi connectivity index (χ4n) is 1.54. The Morgan fingerprint density at radius 2 is 1.86 bits per heavy atom. The molecular weight excluding hydrogens is 272 g/mol. The second-order valence-electron chi connectivity index (χ2n) is 4.58. The number of rotatable bonds is 7. The summed E-state index contributed by atoms with van der Waals surface area (Å²) in [5, 5.41) is 5.30. The van der Waals surface area contributed by atoms with E-state index < -0.39 is 0 Å². The lowest BCUT2D eigenvalue weighted by Gasteiger charge is -2.13. The highest BCUT2D eigenvalue weighted by atomic mass is 16.5. The monoisotopic (exact) mass is 294 g/mol. The fourth-order valence-corrected chi connectivity index (χ4v) is 1.54. The molecule has 0 unspecified atom stereocenters. The van der Waals surface area contributed by atoms with Crippen LogP contribution in [0.2, 0.25) is 0 Å². The summed E-state index contributed by atoms with van der Waals surface area (Å²) < 4.78 is 5.42. The summed E-state index contributed by atoms with van der Waals surface area (Å²) in [6, 6.07) is 7.11. The summed E-state index contributed by atoms with van der Waals surface area (Å²) in [5.41, 5.74) is 6.43. The summed E-state index contributed by atoms with van der Waals surface area (Å²) in [7, 11) is 3.30. The van der Waals surface area contributed by atoms with Gasteiger partial charge in [0.05, 0.1) is 0 Å². The Morgan fingerprint density at radius 1 is 1.19 bits per heavy atom. The van der Waals surface area contributed by atoms with Crippen LogP contribution in [0.5, 0.6) is 5.75 Å². The number of nitrogens with zero attached hydrogens (tertiary/aromatic N) is 1. The number of carbonyl (C=O) groups excluding carboxylic acids is 2. The third-order valence-electron chi connectivity index (χ3n) is 2.68. The lowest BCUT2D eigenvalue weighted by molar-refractivity contribution is -0.123. The van der Waals surface area contributed by atoms with Gasteiger partial charge in [0, 0.05) is 39.3 Å². The van der Waals surface area contributed by atoms with Gasteiger partial charge in [0.15, 0.2) is 6.61 Å². The van der Waals surface area contributed by atoms with Crippen LogP contribution in [0.1, 0.15) is 5.56 Å². The molecule has 116 valence electrons. The van der Waals surface area contributed by atoms with E-state index in [1.807, 2.05) is 18.2 Å². The molecule has 1 rings (SSSR count). The predicted octanol–water partition coefficient (Wildman–Crippen LogP) is -0.0885. The lowest BCUT2D eigenvalue weighted by atomic mass is 10.2. The van der Waals surface area contributed by atoms with Crippen molar-refractivity contribution in [3.8, 4) is 5.75 Å². The van der Waals surface area contributed by atoms with Crippen molar-refractivity contribution in [1.82, 2.24) is 15.5 Å². The topological polar surface area (TPSA) is 96.7 Å². The Hall–Kier alpha value is -2.28. The second kappa shape index (κ2) is 8.80. The Kier molecular flexibility index (Phi) is 7.03. The van der Waals surface area contributed by atoms with Gasteiger partial charge in [-0.05, 0) is 6.07 Å². The van der Waals surface area contributed by atoms with Crippen LogP contribution < -0.4 is 21.1 Å². The van der Waals surface area contributed by atoms with Gasteiger partial charge in [-0.3, -0.25) is 4.79 Å². The van der Waals surface area contributed by atoms with Crippen molar-refractivity contribution in [2.24, 2.45) is 5.73 Å². The number of carbonyl (C=O) groups is 2. The molecule has 7 heteroatoms. The zero-order valence-corrected chi connectivity index (χ0v) is 12.4. The van der Waals surface area contributed by atoms with E-state index in [4.69, 9.17) is 10.5 Å². The number of amides is 3. The zero-order valence-electron chi connectivity index (χ0n) is 12.4. The van der Waals surface area contributed by atoms with Crippen LogP contribution in [-0.2, 0) is 11.3 Å². The summed E-state index contributed by atoms with van der Waals surface area (Å²) in [6.45, 7) is 0.982. The first-order valence-electron chi connectivity index (χ1n) is 6.67. The molecule has 7 nitrogen and oxygen atoms in total. The summed E-state index contributed by atoms with van der Waals surface area (Å²) in [5.74, 6) is 0.358. The average Bonchev–Trinajstić information content (AvgIpc) is 2.49. The minimum absolute atomic E-state index is 0.0847. The van der Waals surface area contributed by atoms with E-state index in [2.05, 4.69) is 10.6 Å². The van der Waals surface area contributed by atoms with E-state index in [0.29, 0.717) is 25.4 Å². The molecule has 0 saturated heterocycles. The molecule has 3 amide bonds. The van der Waals surface area contributed by atoms with Crippen LogP contribution >= 0.6 is 0 Å². The molecule has 0 aliphatic heterocycles. The Labute approximate surface area is 124 Å². The van der Waals surface area contributed by atoms with Crippen molar-refractivity contribution in [3.63, 3.8) is 0 Å². The van der Waals surface area contributed by atoms with Gasteiger partial charge in [-0.2, -0.15) is 0 Å². The van der Waals surface area contributed by atoms with Crippen LogP contribution in [0.3, 0.4) is 0 Å². The van der Waals surface area contributed by atoms with Crippen molar-refractivity contribution >= 4 is 11.9 Å². The van der Waals surface area contributed by atoms with Gasteiger partial charge < -0.3 is 26.0 Å². The van der Waals surface area contributed by atoms with E-state index >= 15 is 0 Å². The molecule has 0 aliphatic rings. The maximum Gasteiger partial charge on any atom is 0.316 e. The van der Waals surface area contributed by atoms with Crippen LogP contribution in [0.15, 0.2) is 24.3 Å². The molecular formula is C14H22N4O3. The molecule has 0 aliphatic carbocycles. The lowest BCUT2D eigenvalue weighted by Crippen LogP contribution is -2.40. The minimum Gasteiger partial charge on any atom is -0.483 e. The van der Waals surface area contributed by atoms with E-state index in [1.165, 1.54) is 4.90 Å². The molecule has 0 spiro atoms. The SMILES string of the molecule is CN(C)C(=O)NCCNC(=O)COc1ccccc1CN. The number of urea groups is 1. The number of nitrogens with two attached hydrogens (primary N) is 1. The van der Waals surface area contributed by atoms with Crippen molar-refractivity contribution in [2.45, 2.75) is 6.54 Å². The van der Waals surface area contributed by atoms with Crippen molar-refractivity contribution < 1.29 is 14.3 Å². The van der Waals surface area contributed by atoms with Crippen LogP contribution in [0.25, 0.3) is 0 Å².